The highest BCUT2D eigenvalue weighted by Crippen LogP contribution is 2.51. The zero-order valence-electron chi connectivity index (χ0n) is 42.0. The third-order valence-corrected chi connectivity index (χ3v) is 15.2. The first-order valence-corrected chi connectivity index (χ1v) is 24.9. The average Bonchev–Trinajstić information content (AvgIpc) is 4.04. The molecule has 0 N–H and O–H groups in total. The van der Waals surface area contributed by atoms with Gasteiger partial charge in [-0.15, -0.1) is 0 Å². The second-order valence-corrected chi connectivity index (χ2v) is 22.3. The molecule has 13 aromatic rings. The van der Waals surface area contributed by atoms with Crippen molar-refractivity contribution < 1.29 is 0 Å². The Morgan fingerprint density at radius 3 is 1.03 bits per heavy atom. The van der Waals surface area contributed by atoms with Gasteiger partial charge in [0.05, 0.1) is 44.5 Å². The number of anilines is 6. The van der Waals surface area contributed by atoms with Gasteiger partial charge in [0.2, 0.25) is 0 Å². The fraction of sp³-hybridized carbons (Fsp3) is 0.182. The van der Waals surface area contributed by atoms with Crippen molar-refractivity contribution in [1.82, 2.24) is 8.80 Å². The molecule has 0 spiro atoms. The first-order valence-electron chi connectivity index (χ1n) is 24.9. The molecule has 0 saturated heterocycles. The Morgan fingerprint density at radius 1 is 0.314 bits per heavy atom. The lowest BCUT2D eigenvalue weighted by Crippen LogP contribution is -2.13. The molecule has 0 fully saturated rings. The molecule has 0 atom stereocenters. The van der Waals surface area contributed by atoms with Gasteiger partial charge in [-0.05, 0) is 157 Å². The minimum Gasteiger partial charge on any atom is -0.310 e. The smallest absolute Gasteiger partial charge is 0.0641 e. The van der Waals surface area contributed by atoms with Crippen molar-refractivity contribution in [2.45, 2.75) is 80.1 Å². The quantitative estimate of drug-likeness (QED) is 0.165. The maximum atomic E-state index is 2.56. The third kappa shape index (κ3) is 6.21. The van der Waals surface area contributed by atoms with Gasteiger partial charge in [-0.1, -0.05) is 126 Å². The van der Waals surface area contributed by atoms with Crippen molar-refractivity contribution in [1.29, 1.82) is 0 Å². The molecular weight excluding hydrogens is 849 g/mol. The molecule has 4 aromatic heterocycles. The SMILES string of the molecule is Cc1cc(C)cc(N(c2ccc(C(C)(C)C)cc2)c2ccc3c4cc5c(cc4n4c6ccccc6c2c34)c2ccc(N(c3ccc(C(C)(C)C)cc3)c3cc(C)cc(C)c3)c3c4ccccc4n5c23)c1. The highest BCUT2D eigenvalue weighted by molar-refractivity contribution is 6.32. The van der Waals surface area contributed by atoms with Crippen LogP contribution in [0.25, 0.3) is 76.2 Å². The zero-order chi connectivity index (χ0) is 48.1. The molecule has 4 nitrogen and oxygen atoms in total. The van der Waals surface area contributed by atoms with Gasteiger partial charge < -0.3 is 18.6 Å². The van der Waals surface area contributed by atoms with Crippen molar-refractivity contribution in [3.63, 3.8) is 0 Å². The second kappa shape index (κ2) is 14.8. The Balaban J connectivity index is 1.09. The molecule has 0 aliphatic rings. The summed E-state index contributed by atoms with van der Waals surface area (Å²) in [5, 5.41) is 10.1. The van der Waals surface area contributed by atoms with Crippen LogP contribution in [0.2, 0.25) is 0 Å². The van der Waals surface area contributed by atoms with E-state index in [0.717, 1.165) is 11.4 Å². The van der Waals surface area contributed by atoms with Crippen LogP contribution in [0.1, 0.15) is 74.9 Å². The minimum atomic E-state index is 0.0534. The first kappa shape index (κ1) is 42.3. The average molecular weight is 907 g/mol. The van der Waals surface area contributed by atoms with Crippen LogP contribution in [0.5, 0.6) is 0 Å². The van der Waals surface area contributed by atoms with E-state index in [2.05, 4.69) is 258 Å². The van der Waals surface area contributed by atoms with Crippen molar-refractivity contribution in [2.75, 3.05) is 9.80 Å². The van der Waals surface area contributed by atoms with E-state index in [-0.39, 0.29) is 10.8 Å². The van der Waals surface area contributed by atoms with E-state index >= 15 is 0 Å². The zero-order valence-corrected chi connectivity index (χ0v) is 42.0. The predicted molar refractivity (Wildman–Crippen MR) is 301 cm³/mol. The van der Waals surface area contributed by atoms with Crippen LogP contribution >= 0.6 is 0 Å². The van der Waals surface area contributed by atoms with Gasteiger partial charge in [0, 0.05) is 65.8 Å². The summed E-state index contributed by atoms with van der Waals surface area (Å²) in [7, 11) is 0. The molecule has 13 rings (SSSR count). The molecule has 0 saturated carbocycles. The van der Waals surface area contributed by atoms with Gasteiger partial charge in [0.15, 0.2) is 0 Å². The van der Waals surface area contributed by atoms with Gasteiger partial charge >= 0.3 is 0 Å². The summed E-state index contributed by atoms with van der Waals surface area (Å²) in [6.07, 6.45) is 0. The molecule has 0 amide bonds. The van der Waals surface area contributed by atoms with Crippen LogP contribution in [0, 0.1) is 27.7 Å². The number of aryl methyl sites for hydroxylation is 4. The van der Waals surface area contributed by atoms with E-state index in [0.29, 0.717) is 0 Å². The van der Waals surface area contributed by atoms with Gasteiger partial charge in [0.25, 0.3) is 0 Å². The van der Waals surface area contributed by atoms with Gasteiger partial charge in [-0.25, -0.2) is 0 Å². The maximum Gasteiger partial charge on any atom is 0.0641 e. The fourth-order valence-corrected chi connectivity index (χ4v) is 12.1. The molecule has 9 aromatic carbocycles. The largest absolute Gasteiger partial charge is 0.310 e. The van der Waals surface area contributed by atoms with Gasteiger partial charge in [0.1, 0.15) is 0 Å². The molecule has 342 valence electrons. The number of hydrogen-bond donors (Lipinski definition) is 0. The van der Waals surface area contributed by atoms with Crippen LogP contribution in [0.3, 0.4) is 0 Å². The summed E-state index contributed by atoms with van der Waals surface area (Å²) in [6.45, 7) is 22.6. The number of aromatic nitrogens is 2. The standard InChI is InChI=1S/C66H58N4/c1-39-31-40(2)34-47(33-39)67(45-23-19-43(20-24-45)65(5,6)7)57-29-27-49-53-37-60-54(38-59(53)69-55-17-13-11-15-51(55)61(57)63(49)69)50-28-30-58(62-52-16-12-14-18-56(52)70(60)64(50)62)68(48-35-41(3)32-42(4)36-48)46-25-21-44(22-26-46)66(8,9)10/h11-38H,1-10H3. The van der Waals surface area contributed by atoms with Crippen LogP contribution in [0.15, 0.2) is 170 Å². The van der Waals surface area contributed by atoms with E-state index in [1.54, 1.807) is 0 Å². The Bertz CT molecular complexity index is 3910. The summed E-state index contributed by atoms with van der Waals surface area (Å²) in [5.74, 6) is 0. The Morgan fingerprint density at radius 2 is 0.671 bits per heavy atom. The summed E-state index contributed by atoms with van der Waals surface area (Å²) < 4.78 is 5.11. The second-order valence-electron chi connectivity index (χ2n) is 22.3. The van der Waals surface area contributed by atoms with Crippen LogP contribution < -0.4 is 9.80 Å². The van der Waals surface area contributed by atoms with Crippen LogP contribution in [-0.4, -0.2) is 8.80 Å². The van der Waals surface area contributed by atoms with Crippen molar-refractivity contribution >= 4 is 110 Å². The molecule has 0 aliphatic heterocycles. The Hall–Kier alpha value is -7.82. The summed E-state index contributed by atoms with van der Waals surface area (Å²) in [5.41, 5.74) is 22.2. The number of rotatable bonds is 6. The van der Waals surface area contributed by atoms with Crippen molar-refractivity contribution in [3.8, 4) is 0 Å². The minimum absolute atomic E-state index is 0.0534. The number of benzene rings is 9. The number of fused-ring (bicyclic) bond motifs is 12. The van der Waals surface area contributed by atoms with Crippen LogP contribution in [-0.2, 0) is 10.8 Å². The van der Waals surface area contributed by atoms with Gasteiger partial charge in [-0.2, -0.15) is 0 Å². The molecule has 0 unspecified atom stereocenters. The van der Waals surface area contributed by atoms with E-state index in [9.17, 15) is 0 Å². The van der Waals surface area contributed by atoms with Crippen LogP contribution in [0.4, 0.5) is 34.1 Å². The summed E-state index contributed by atoms with van der Waals surface area (Å²) in [6, 6.07) is 64.9. The van der Waals surface area contributed by atoms with E-state index in [1.165, 1.54) is 132 Å². The molecule has 0 radical (unpaired) electrons. The highest BCUT2D eigenvalue weighted by Gasteiger charge is 2.29. The van der Waals surface area contributed by atoms with Crippen molar-refractivity contribution in [2.24, 2.45) is 0 Å². The molecular formula is C66H58N4. The summed E-state index contributed by atoms with van der Waals surface area (Å²) >= 11 is 0. The van der Waals surface area contributed by atoms with E-state index in [4.69, 9.17) is 0 Å². The third-order valence-electron chi connectivity index (χ3n) is 15.2. The molecule has 0 aliphatic carbocycles. The lowest BCUT2D eigenvalue weighted by atomic mass is 9.87. The number of hydrogen-bond acceptors (Lipinski definition) is 2. The molecule has 0 bridgehead atoms. The lowest BCUT2D eigenvalue weighted by molar-refractivity contribution is 0.590. The highest BCUT2D eigenvalue weighted by atomic mass is 15.2. The fourth-order valence-electron chi connectivity index (χ4n) is 12.1. The molecule has 4 heterocycles. The normalized spacial score (nSPS) is 12.7. The first-order chi connectivity index (χ1) is 33.6. The number of para-hydroxylation sites is 2. The Labute approximate surface area is 410 Å². The monoisotopic (exact) mass is 906 g/mol. The Kier molecular flexibility index (Phi) is 8.97. The molecule has 4 heteroatoms. The lowest BCUT2D eigenvalue weighted by Gasteiger charge is -2.28. The topological polar surface area (TPSA) is 15.3 Å². The predicted octanol–water partition coefficient (Wildman–Crippen LogP) is 18.8. The van der Waals surface area contributed by atoms with E-state index < -0.39 is 0 Å². The number of nitrogens with zero attached hydrogens (tertiary/aromatic N) is 4. The van der Waals surface area contributed by atoms with Gasteiger partial charge in [-0.3, -0.25) is 0 Å². The van der Waals surface area contributed by atoms with Crippen molar-refractivity contribution in [3.05, 3.63) is 203 Å². The van der Waals surface area contributed by atoms with E-state index in [1.807, 2.05) is 0 Å². The molecule has 70 heavy (non-hydrogen) atoms. The maximum absolute atomic E-state index is 2.56. The summed E-state index contributed by atoms with van der Waals surface area (Å²) in [4.78, 5) is 4.98.